The van der Waals surface area contributed by atoms with Crippen LogP contribution in [0.25, 0.3) is 0 Å². The van der Waals surface area contributed by atoms with Crippen molar-refractivity contribution in [3.63, 3.8) is 0 Å². The monoisotopic (exact) mass is 305 g/mol. The van der Waals surface area contributed by atoms with Crippen molar-refractivity contribution >= 4 is 21.8 Å². The van der Waals surface area contributed by atoms with Crippen LogP contribution in [0.5, 0.6) is 0 Å². The molecular formula is C12H23N3O4S. The van der Waals surface area contributed by atoms with E-state index in [1.165, 1.54) is 11.2 Å². The van der Waals surface area contributed by atoms with E-state index in [9.17, 15) is 18.0 Å². The van der Waals surface area contributed by atoms with Gasteiger partial charge in [-0.1, -0.05) is 0 Å². The maximum absolute atomic E-state index is 11.8. The molecule has 2 amide bonds. The number of nitrogens with one attached hydrogen (secondary N) is 2. The molecule has 1 atom stereocenters. The summed E-state index contributed by atoms with van der Waals surface area (Å²) < 4.78 is 24.9. The fourth-order valence-corrected chi connectivity index (χ4v) is 3.29. The van der Waals surface area contributed by atoms with Crippen molar-refractivity contribution in [2.24, 2.45) is 0 Å². The van der Waals surface area contributed by atoms with Crippen molar-refractivity contribution in [2.75, 3.05) is 18.8 Å². The number of piperidine rings is 1. The minimum atomic E-state index is -3.14. The van der Waals surface area contributed by atoms with Crippen LogP contribution in [0.4, 0.5) is 0 Å². The highest BCUT2D eigenvalue weighted by molar-refractivity contribution is 7.89. The molecule has 8 heteroatoms. The summed E-state index contributed by atoms with van der Waals surface area (Å²) in [5.74, 6) is -0.391. The smallest absolute Gasteiger partial charge is 0.242 e. The van der Waals surface area contributed by atoms with Gasteiger partial charge in [-0.15, -0.1) is 0 Å². The molecule has 116 valence electrons. The highest BCUT2D eigenvalue weighted by Gasteiger charge is 2.28. The van der Waals surface area contributed by atoms with Crippen molar-refractivity contribution < 1.29 is 18.0 Å². The van der Waals surface area contributed by atoms with Gasteiger partial charge in [0.05, 0.1) is 5.75 Å². The lowest BCUT2D eigenvalue weighted by Crippen LogP contribution is -2.51. The van der Waals surface area contributed by atoms with Gasteiger partial charge in [-0.05, 0) is 26.7 Å². The molecule has 1 rings (SSSR count). The number of hydrogen-bond acceptors (Lipinski definition) is 4. The Bertz CT molecular complexity index is 455. The van der Waals surface area contributed by atoms with Crippen molar-refractivity contribution in [1.29, 1.82) is 0 Å². The second kappa shape index (κ2) is 7.03. The first-order valence-electron chi connectivity index (χ1n) is 6.81. The molecule has 0 aromatic rings. The first-order chi connectivity index (χ1) is 9.26. The zero-order chi connectivity index (χ0) is 15.3. The molecule has 1 aliphatic rings. The average Bonchev–Trinajstić information content (AvgIpc) is 2.38. The maximum atomic E-state index is 11.8. The van der Waals surface area contributed by atoms with Gasteiger partial charge in [0.2, 0.25) is 21.8 Å². The molecule has 0 radical (unpaired) electrons. The number of nitrogens with zero attached hydrogens (tertiary/aromatic N) is 1. The third-order valence-corrected chi connectivity index (χ3v) is 5.25. The third-order valence-electron chi connectivity index (χ3n) is 3.37. The third kappa shape index (κ3) is 4.75. The van der Waals surface area contributed by atoms with Gasteiger partial charge in [-0.3, -0.25) is 9.59 Å². The van der Waals surface area contributed by atoms with Crippen molar-refractivity contribution in [3.8, 4) is 0 Å². The van der Waals surface area contributed by atoms with Crippen LogP contribution in [0.1, 0.15) is 33.6 Å². The van der Waals surface area contributed by atoms with Crippen LogP contribution in [0.2, 0.25) is 0 Å². The van der Waals surface area contributed by atoms with Gasteiger partial charge in [0, 0.05) is 26.1 Å². The van der Waals surface area contributed by atoms with Crippen LogP contribution in [0.15, 0.2) is 0 Å². The molecule has 0 aromatic carbocycles. The lowest BCUT2D eigenvalue weighted by Gasteiger charge is -2.31. The Hall–Kier alpha value is -1.15. The van der Waals surface area contributed by atoms with E-state index < -0.39 is 16.1 Å². The van der Waals surface area contributed by atoms with Gasteiger partial charge < -0.3 is 10.6 Å². The van der Waals surface area contributed by atoms with Gasteiger partial charge in [0.1, 0.15) is 6.04 Å². The Morgan fingerprint density at radius 2 is 1.85 bits per heavy atom. The second-order valence-electron chi connectivity index (χ2n) is 5.00. The zero-order valence-electron chi connectivity index (χ0n) is 12.2. The summed E-state index contributed by atoms with van der Waals surface area (Å²) in [6.07, 6.45) is 1.19. The van der Waals surface area contributed by atoms with Crippen LogP contribution in [0, 0.1) is 0 Å². The molecule has 1 fully saturated rings. The highest BCUT2D eigenvalue weighted by atomic mass is 32.2. The Labute approximate surface area is 120 Å². The number of rotatable bonds is 5. The molecule has 2 N–H and O–H groups in total. The van der Waals surface area contributed by atoms with Crippen LogP contribution < -0.4 is 10.6 Å². The summed E-state index contributed by atoms with van der Waals surface area (Å²) in [7, 11) is -3.14. The fourth-order valence-electron chi connectivity index (χ4n) is 2.16. The number of amides is 2. The lowest BCUT2D eigenvalue weighted by molar-refractivity contribution is -0.128. The van der Waals surface area contributed by atoms with Crippen molar-refractivity contribution in [3.05, 3.63) is 0 Å². The van der Waals surface area contributed by atoms with Gasteiger partial charge in [-0.2, -0.15) is 0 Å². The predicted octanol–water partition coefficient (Wildman–Crippen LogP) is -0.559. The second-order valence-corrected chi connectivity index (χ2v) is 7.26. The van der Waals surface area contributed by atoms with Crippen LogP contribution in [-0.2, 0) is 19.6 Å². The normalized spacial score (nSPS) is 19.4. The summed E-state index contributed by atoms with van der Waals surface area (Å²) in [5.41, 5.74) is 0. The Kier molecular flexibility index (Phi) is 5.94. The Morgan fingerprint density at radius 3 is 2.30 bits per heavy atom. The van der Waals surface area contributed by atoms with Crippen LogP contribution >= 0.6 is 0 Å². The minimum absolute atomic E-state index is 0.0398. The molecule has 1 unspecified atom stereocenters. The number of sulfonamides is 1. The highest BCUT2D eigenvalue weighted by Crippen LogP contribution is 2.14. The van der Waals surface area contributed by atoms with Crippen LogP contribution in [0.3, 0.4) is 0 Å². The summed E-state index contributed by atoms with van der Waals surface area (Å²) >= 11 is 0. The SMILES string of the molecule is CCS(=O)(=O)N1CCC(NC(=O)C(C)NC(C)=O)CC1. The van der Waals surface area contributed by atoms with Gasteiger partial charge >= 0.3 is 0 Å². The van der Waals surface area contributed by atoms with Gasteiger partial charge in [0.25, 0.3) is 0 Å². The lowest BCUT2D eigenvalue weighted by atomic mass is 10.1. The maximum Gasteiger partial charge on any atom is 0.242 e. The minimum Gasteiger partial charge on any atom is -0.351 e. The van der Waals surface area contributed by atoms with E-state index >= 15 is 0 Å². The number of hydrogen-bond donors (Lipinski definition) is 2. The van der Waals surface area contributed by atoms with Gasteiger partial charge in [-0.25, -0.2) is 12.7 Å². The predicted molar refractivity (Wildman–Crippen MR) is 75.5 cm³/mol. The Morgan fingerprint density at radius 1 is 1.30 bits per heavy atom. The van der Waals surface area contributed by atoms with Crippen LogP contribution in [-0.4, -0.2) is 55.5 Å². The average molecular weight is 305 g/mol. The summed E-state index contributed by atoms with van der Waals surface area (Å²) in [4.78, 5) is 22.7. The number of carbonyl (C=O) groups is 2. The molecule has 20 heavy (non-hydrogen) atoms. The molecule has 1 aliphatic heterocycles. The number of carbonyl (C=O) groups excluding carboxylic acids is 2. The molecule has 0 aliphatic carbocycles. The molecule has 0 spiro atoms. The summed E-state index contributed by atoms with van der Waals surface area (Å²) in [6.45, 7) is 5.45. The van der Waals surface area contributed by atoms with E-state index in [1.54, 1.807) is 13.8 Å². The molecule has 7 nitrogen and oxygen atoms in total. The molecule has 0 saturated carbocycles. The van der Waals surface area contributed by atoms with E-state index in [-0.39, 0.29) is 23.6 Å². The fraction of sp³-hybridized carbons (Fsp3) is 0.833. The van der Waals surface area contributed by atoms with E-state index in [0.717, 1.165) is 0 Å². The van der Waals surface area contributed by atoms with E-state index in [2.05, 4.69) is 10.6 Å². The van der Waals surface area contributed by atoms with Gasteiger partial charge in [0.15, 0.2) is 0 Å². The quantitative estimate of drug-likeness (QED) is 0.712. The van der Waals surface area contributed by atoms with E-state index in [4.69, 9.17) is 0 Å². The molecular weight excluding hydrogens is 282 g/mol. The van der Waals surface area contributed by atoms with Crippen molar-refractivity contribution in [2.45, 2.75) is 45.7 Å². The first kappa shape index (κ1) is 16.9. The summed E-state index contributed by atoms with van der Waals surface area (Å²) in [5, 5.41) is 5.36. The molecule has 0 bridgehead atoms. The standard InChI is InChI=1S/C12H23N3O4S/c1-4-20(18,19)15-7-5-11(6-8-15)14-12(17)9(2)13-10(3)16/h9,11H,4-8H2,1-3H3,(H,13,16)(H,14,17). The van der Waals surface area contributed by atoms with E-state index in [0.29, 0.717) is 25.9 Å². The summed E-state index contributed by atoms with van der Waals surface area (Å²) in [6, 6.07) is -0.619. The van der Waals surface area contributed by atoms with Crippen molar-refractivity contribution in [1.82, 2.24) is 14.9 Å². The first-order valence-corrected chi connectivity index (χ1v) is 8.42. The zero-order valence-corrected chi connectivity index (χ0v) is 13.0. The topological polar surface area (TPSA) is 95.6 Å². The Balaban J connectivity index is 2.43. The largest absolute Gasteiger partial charge is 0.351 e. The molecule has 1 heterocycles. The molecule has 0 aromatic heterocycles. The van der Waals surface area contributed by atoms with E-state index in [1.807, 2.05) is 0 Å². The molecule has 1 saturated heterocycles.